The number of carbonyl (C=O) groups excluding carboxylic acids is 3. The van der Waals surface area contributed by atoms with Gasteiger partial charge in [0.1, 0.15) is 23.9 Å². The Hall–Kier alpha value is -4.70. The predicted molar refractivity (Wildman–Crippen MR) is 149 cm³/mol. The van der Waals surface area contributed by atoms with Crippen LogP contribution in [0.5, 0.6) is 5.75 Å². The molecule has 3 rings (SSSR count). The fourth-order valence-electron chi connectivity index (χ4n) is 4.02. The third-order valence-electron chi connectivity index (χ3n) is 6.29. The second-order valence-corrected chi connectivity index (χ2v) is 9.55. The van der Waals surface area contributed by atoms with Gasteiger partial charge in [0.2, 0.25) is 17.7 Å². The molecule has 0 aliphatic rings. The molecule has 0 aliphatic carbocycles. The molecule has 0 aromatic heterocycles. The van der Waals surface area contributed by atoms with E-state index in [0.29, 0.717) is 0 Å². The van der Waals surface area contributed by atoms with Crippen LogP contribution in [0.15, 0.2) is 84.9 Å². The van der Waals surface area contributed by atoms with E-state index in [0.717, 1.165) is 16.7 Å². The number of phenols is 1. The topological polar surface area (TPSA) is 171 Å². The maximum Gasteiger partial charge on any atom is 0.325 e. The van der Waals surface area contributed by atoms with Crippen molar-refractivity contribution in [3.05, 3.63) is 102 Å². The number of hydrogen-bond donors (Lipinski definition) is 6. The van der Waals surface area contributed by atoms with Crippen LogP contribution < -0.4 is 21.7 Å². The van der Waals surface area contributed by atoms with E-state index in [2.05, 4.69) is 16.0 Å². The van der Waals surface area contributed by atoms with Crippen molar-refractivity contribution in [3.63, 3.8) is 0 Å². The van der Waals surface area contributed by atoms with Gasteiger partial charge in [-0.15, -0.1) is 0 Å². The summed E-state index contributed by atoms with van der Waals surface area (Å²) in [6.07, 6.45) is 0.421. The zero-order valence-corrected chi connectivity index (χ0v) is 22.1. The Morgan fingerprint density at radius 2 is 1.07 bits per heavy atom. The van der Waals surface area contributed by atoms with Gasteiger partial charge in [-0.3, -0.25) is 19.2 Å². The van der Waals surface area contributed by atoms with Crippen molar-refractivity contribution in [2.24, 2.45) is 5.73 Å². The molecule has 0 fully saturated rings. The minimum Gasteiger partial charge on any atom is -0.508 e. The van der Waals surface area contributed by atoms with Gasteiger partial charge in [0.05, 0.1) is 6.04 Å². The SMILES string of the molecule is CC(NC(=O)C(Cc1ccccc1)NC(=O)C(Cc1ccccc1)NC(=O)C(N)Cc1ccc(O)cc1)C(=O)O. The second kappa shape index (κ2) is 14.5. The minimum atomic E-state index is -1.21. The van der Waals surface area contributed by atoms with Gasteiger partial charge in [-0.1, -0.05) is 72.8 Å². The number of hydrogen-bond acceptors (Lipinski definition) is 6. The maximum atomic E-state index is 13.5. The van der Waals surface area contributed by atoms with Crippen LogP contribution in [0.2, 0.25) is 0 Å². The lowest BCUT2D eigenvalue weighted by atomic mass is 10.0. The van der Waals surface area contributed by atoms with Gasteiger partial charge in [0.15, 0.2) is 0 Å². The summed E-state index contributed by atoms with van der Waals surface area (Å²) >= 11 is 0. The second-order valence-electron chi connectivity index (χ2n) is 9.55. The van der Waals surface area contributed by atoms with Crippen LogP contribution in [0, 0.1) is 0 Å². The van der Waals surface area contributed by atoms with E-state index in [-0.39, 0.29) is 25.0 Å². The number of aromatic hydroxyl groups is 1. The Morgan fingerprint density at radius 1 is 0.650 bits per heavy atom. The Labute approximate surface area is 232 Å². The van der Waals surface area contributed by atoms with Gasteiger partial charge < -0.3 is 31.9 Å². The van der Waals surface area contributed by atoms with Gasteiger partial charge in [0, 0.05) is 12.8 Å². The lowest BCUT2D eigenvalue weighted by Gasteiger charge is -2.25. The first-order valence-electron chi connectivity index (χ1n) is 12.9. The summed E-state index contributed by atoms with van der Waals surface area (Å²) in [4.78, 5) is 50.9. The molecule has 7 N–H and O–H groups in total. The summed E-state index contributed by atoms with van der Waals surface area (Å²) in [6.45, 7) is 1.33. The van der Waals surface area contributed by atoms with Crippen molar-refractivity contribution in [2.75, 3.05) is 0 Å². The van der Waals surface area contributed by atoms with Gasteiger partial charge in [-0.05, 0) is 42.2 Å². The number of amides is 3. The molecule has 0 saturated heterocycles. The number of carboxylic acid groups (broad SMARTS) is 1. The largest absolute Gasteiger partial charge is 0.508 e. The third-order valence-corrected chi connectivity index (χ3v) is 6.29. The van der Waals surface area contributed by atoms with Crippen molar-refractivity contribution in [1.29, 1.82) is 0 Å². The molecule has 10 nitrogen and oxygen atoms in total. The first-order chi connectivity index (χ1) is 19.1. The van der Waals surface area contributed by atoms with Crippen LogP contribution in [0.3, 0.4) is 0 Å². The first-order valence-corrected chi connectivity index (χ1v) is 12.9. The summed E-state index contributed by atoms with van der Waals surface area (Å²) in [5.41, 5.74) is 8.40. The zero-order chi connectivity index (χ0) is 29.1. The van der Waals surface area contributed by atoms with Crippen LogP contribution in [0.4, 0.5) is 0 Å². The smallest absolute Gasteiger partial charge is 0.325 e. The quantitative estimate of drug-likeness (QED) is 0.188. The van der Waals surface area contributed by atoms with Crippen molar-refractivity contribution < 1.29 is 29.4 Å². The molecular formula is C30H34N4O6. The monoisotopic (exact) mass is 546 g/mol. The van der Waals surface area contributed by atoms with E-state index in [4.69, 9.17) is 5.73 Å². The number of phenolic OH excluding ortho intramolecular Hbond substituents is 1. The average molecular weight is 547 g/mol. The van der Waals surface area contributed by atoms with Crippen LogP contribution in [0.1, 0.15) is 23.6 Å². The molecule has 4 unspecified atom stereocenters. The predicted octanol–water partition coefficient (Wildman–Crippen LogP) is 1.31. The van der Waals surface area contributed by atoms with Crippen molar-refractivity contribution in [3.8, 4) is 5.75 Å². The van der Waals surface area contributed by atoms with Gasteiger partial charge in [-0.2, -0.15) is 0 Å². The van der Waals surface area contributed by atoms with Gasteiger partial charge >= 0.3 is 5.97 Å². The molecule has 0 heterocycles. The molecule has 4 atom stereocenters. The number of nitrogens with one attached hydrogen (secondary N) is 3. The molecule has 10 heteroatoms. The normalized spacial score (nSPS) is 13.8. The van der Waals surface area contributed by atoms with Crippen molar-refractivity contribution >= 4 is 23.7 Å². The number of carboxylic acids is 1. The molecule has 0 spiro atoms. The van der Waals surface area contributed by atoms with Crippen molar-refractivity contribution in [1.82, 2.24) is 16.0 Å². The lowest BCUT2D eigenvalue weighted by molar-refractivity contribution is -0.141. The highest BCUT2D eigenvalue weighted by Crippen LogP contribution is 2.12. The van der Waals surface area contributed by atoms with E-state index in [1.807, 2.05) is 36.4 Å². The van der Waals surface area contributed by atoms with E-state index in [1.165, 1.54) is 19.1 Å². The number of carbonyl (C=O) groups is 4. The molecule has 3 aromatic rings. The number of benzene rings is 3. The lowest BCUT2D eigenvalue weighted by Crippen LogP contribution is -2.58. The Morgan fingerprint density at radius 3 is 1.55 bits per heavy atom. The molecule has 0 bridgehead atoms. The highest BCUT2D eigenvalue weighted by Gasteiger charge is 2.30. The summed E-state index contributed by atoms with van der Waals surface area (Å²) in [6, 6.07) is 20.0. The summed E-state index contributed by atoms with van der Waals surface area (Å²) in [5, 5.41) is 26.5. The molecule has 3 amide bonds. The van der Waals surface area contributed by atoms with E-state index < -0.39 is 47.9 Å². The first kappa shape index (κ1) is 29.9. The summed E-state index contributed by atoms with van der Waals surface area (Å²) in [5.74, 6) is -2.97. The van der Waals surface area contributed by atoms with E-state index in [9.17, 15) is 29.4 Å². The average Bonchev–Trinajstić information content (AvgIpc) is 2.94. The molecule has 210 valence electrons. The number of aliphatic carboxylic acids is 1. The van der Waals surface area contributed by atoms with E-state index in [1.54, 1.807) is 36.4 Å². The van der Waals surface area contributed by atoms with E-state index >= 15 is 0 Å². The Balaban J connectivity index is 1.79. The van der Waals surface area contributed by atoms with Gasteiger partial charge in [-0.25, -0.2) is 0 Å². The third kappa shape index (κ3) is 9.25. The van der Waals surface area contributed by atoms with Crippen molar-refractivity contribution in [2.45, 2.75) is 50.4 Å². The van der Waals surface area contributed by atoms with Crippen LogP contribution in [-0.4, -0.2) is 58.1 Å². The number of nitrogens with two attached hydrogens (primary N) is 1. The molecule has 40 heavy (non-hydrogen) atoms. The highest BCUT2D eigenvalue weighted by atomic mass is 16.4. The van der Waals surface area contributed by atoms with Crippen LogP contribution >= 0.6 is 0 Å². The zero-order valence-electron chi connectivity index (χ0n) is 22.1. The van der Waals surface area contributed by atoms with Crippen LogP contribution in [-0.2, 0) is 38.4 Å². The Kier molecular flexibility index (Phi) is 10.8. The molecule has 0 radical (unpaired) electrons. The van der Waals surface area contributed by atoms with Gasteiger partial charge in [0.25, 0.3) is 0 Å². The Bertz CT molecular complexity index is 1280. The summed E-state index contributed by atoms with van der Waals surface area (Å²) in [7, 11) is 0. The standard InChI is InChI=1S/C30H34N4O6/c1-19(30(39)40)32-28(37)25(17-20-8-4-2-5-9-20)34-29(38)26(18-21-10-6-3-7-11-21)33-27(36)24(31)16-22-12-14-23(35)15-13-22/h2-15,19,24-26,35H,16-18,31H2,1H3,(H,32,37)(H,33,36)(H,34,38)(H,39,40). The van der Waals surface area contributed by atoms with Crippen LogP contribution in [0.25, 0.3) is 0 Å². The molecule has 3 aromatic carbocycles. The fourth-order valence-corrected chi connectivity index (χ4v) is 4.02. The highest BCUT2D eigenvalue weighted by molar-refractivity contribution is 5.94. The molecule has 0 saturated carbocycles. The number of rotatable bonds is 13. The molecular weight excluding hydrogens is 512 g/mol. The summed E-state index contributed by atoms with van der Waals surface area (Å²) < 4.78 is 0. The fraction of sp³-hybridized carbons (Fsp3) is 0.267. The minimum absolute atomic E-state index is 0.0909. The molecule has 0 aliphatic heterocycles. The maximum absolute atomic E-state index is 13.5.